The molecule has 1 amide bonds. The van der Waals surface area contributed by atoms with E-state index in [9.17, 15) is 10.1 Å². The molecule has 2 aromatic carbocycles. The summed E-state index contributed by atoms with van der Waals surface area (Å²) in [4.78, 5) is 12.6. The Bertz CT molecular complexity index is 894. The lowest BCUT2D eigenvalue weighted by molar-refractivity contribution is -0.112. The molecule has 0 atom stereocenters. The van der Waals surface area contributed by atoms with Crippen molar-refractivity contribution < 1.29 is 9.53 Å². The fourth-order valence-corrected chi connectivity index (χ4v) is 4.22. The van der Waals surface area contributed by atoms with E-state index in [1.54, 1.807) is 12.1 Å². The van der Waals surface area contributed by atoms with Gasteiger partial charge < -0.3 is 10.1 Å². The minimum absolute atomic E-state index is 0.0246. The third kappa shape index (κ3) is 5.19. The molecule has 0 spiro atoms. The van der Waals surface area contributed by atoms with E-state index in [1.165, 1.54) is 6.08 Å². The van der Waals surface area contributed by atoms with Crippen molar-refractivity contribution in [2.45, 2.75) is 13.8 Å². The highest BCUT2D eigenvalue weighted by Gasteiger charge is 2.15. The van der Waals surface area contributed by atoms with Gasteiger partial charge in [-0.15, -0.1) is 0 Å². The summed E-state index contributed by atoms with van der Waals surface area (Å²) in [5.41, 5.74) is 2.23. The van der Waals surface area contributed by atoms with Crippen LogP contribution in [0.25, 0.3) is 6.08 Å². The third-order valence-electron chi connectivity index (χ3n) is 3.36. The molecule has 0 saturated carbocycles. The molecule has 0 aliphatic rings. The van der Waals surface area contributed by atoms with Crippen molar-refractivity contribution in [1.29, 1.82) is 5.26 Å². The van der Waals surface area contributed by atoms with E-state index >= 15 is 0 Å². The average Bonchev–Trinajstić information content (AvgIpc) is 2.58. The van der Waals surface area contributed by atoms with Crippen molar-refractivity contribution in [3.8, 4) is 11.8 Å². The summed E-state index contributed by atoms with van der Waals surface area (Å²) >= 11 is 10.3. The predicted molar refractivity (Wildman–Crippen MR) is 114 cm³/mol. The van der Waals surface area contributed by atoms with Gasteiger partial charge in [-0.1, -0.05) is 15.9 Å². The van der Waals surface area contributed by atoms with Crippen LogP contribution in [-0.4, -0.2) is 12.5 Å². The molecule has 26 heavy (non-hydrogen) atoms. The van der Waals surface area contributed by atoms with Crippen molar-refractivity contribution in [3.05, 3.63) is 60.5 Å². The number of aryl methyl sites for hydroxylation is 1. The highest BCUT2D eigenvalue weighted by Crippen LogP contribution is 2.33. The van der Waals surface area contributed by atoms with E-state index in [2.05, 4.69) is 53.1 Å². The van der Waals surface area contributed by atoms with Gasteiger partial charge in [0.05, 0.1) is 12.3 Å². The van der Waals surface area contributed by atoms with Crippen LogP contribution in [0.15, 0.2) is 49.3 Å². The maximum atomic E-state index is 12.6. The Kier molecular flexibility index (Phi) is 7.44. The van der Waals surface area contributed by atoms with Gasteiger partial charge >= 0.3 is 0 Å². The summed E-state index contributed by atoms with van der Waals surface area (Å²) in [6.45, 7) is 4.31. The quantitative estimate of drug-likeness (QED) is 0.360. The van der Waals surface area contributed by atoms with Crippen molar-refractivity contribution in [2.75, 3.05) is 11.9 Å². The lowest BCUT2D eigenvalue weighted by Crippen LogP contribution is -2.14. The summed E-state index contributed by atoms with van der Waals surface area (Å²) < 4.78 is 7.85. The van der Waals surface area contributed by atoms with Gasteiger partial charge in [0, 0.05) is 19.0 Å². The summed E-state index contributed by atoms with van der Waals surface area (Å²) in [5, 5.41) is 12.2. The summed E-state index contributed by atoms with van der Waals surface area (Å²) in [5.74, 6) is 0.106. The first-order chi connectivity index (χ1) is 12.3. The van der Waals surface area contributed by atoms with Crippen LogP contribution in [0.1, 0.15) is 18.1 Å². The zero-order valence-electron chi connectivity index (χ0n) is 14.1. The van der Waals surface area contributed by atoms with Crippen LogP contribution >= 0.6 is 47.8 Å². The number of ether oxygens (including phenoxy) is 1. The van der Waals surface area contributed by atoms with Crippen LogP contribution in [0.2, 0.25) is 0 Å². The van der Waals surface area contributed by atoms with E-state index in [-0.39, 0.29) is 5.57 Å². The van der Waals surface area contributed by atoms with Crippen LogP contribution in [-0.2, 0) is 4.79 Å². The molecule has 0 heterocycles. The fourth-order valence-electron chi connectivity index (χ4n) is 2.22. The lowest BCUT2D eigenvalue weighted by Gasteiger charge is -2.11. The molecule has 2 rings (SSSR count). The first-order valence-corrected chi connectivity index (χ1v) is 10.0. The zero-order valence-corrected chi connectivity index (χ0v) is 18.8. The molecule has 0 saturated heterocycles. The van der Waals surface area contributed by atoms with E-state index in [1.807, 2.05) is 38.1 Å². The molecule has 1 N–H and O–H groups in total. The van der Waals surface area contributed by atoms with Crippen molar-refractivity contribution in [2.24, 2.45) is 0 Å². The lowest BCUT2D eigenvalue weighted by atomic mass is 10.1. The Labute approximate surface area is 177 Å². The first kappa shape index (κ1) is 20.7. The molecule has 0 bridgehead atoms. The van der Waals surface area contributed by atoms with Crippen LogP contribution < -0.4 is 10.1 Å². The minimum Gasteiger partial charge on any atom is -0.493 e. The Morgan fingerprint density at radius 2 is 1.88 bits per heavy atom. The van der Waals surface area contributed by atoms with Crippen molar-refractivity contribution in [1.82, 2.24) is 0 Å². The second-order valence-corrected chi connectivity index (χ2v) is 7.97. The van der Waals surface area contributed by atoms with Gasteiger partial charge in [0.2, 0.25) is 0 Å². The van der Waals surface area contributed by atoms with Gasteiger partial charge in [0.1, 0.15) is 17.4 Å². The highest BCUT2D eigenvalue weighted by molar-refractivity contribution is 9.11. The number of nitriles is 1. The summed E-state index contributed by atoms with van der Waals surface area (Å²) in [6, 6.07) is 11.2. The molecule has 0 radical (unpaired) electrons. The number of amides is 1. The van der Waals surface area contributed by atoms with Gasteiger partial charge in [-0.2, -0.15) is 5.26 Å². The summed E-state index contributed by atoms with van der Waals surface area (Å²) in [7, 11) is 0. The van der Waals surface area contributed by atoms with Gasteiger partial charge in [0.25, 0.3) is 5.91 Å². The number of nitrogens with one attached hydrogen (secondary N) is 1. The first-order valence-electron chi connectivity index (χ1n) is 7.66. The van der Waals surface area contributed by atoms with Crippen LogP contribution in [0, 0.1) is 18.3 Å². The number of benzene rings is 2. The van der Waals surface area contributed by atoms with Crippen molar-refractivity contribution in [3.63, 3.8) is 0 Å². The minimum atomic E-state index is -0.500. The number of hydrogen-bond donors (Lipinski definition) is 1. The monoisotopic (exact) mass is 540 g/mol. The topological polar surface area (TPSA) is 62.1 Å². The number of halogens is 3. The molecule has 0 aliphatic carbocycles. The highest BCUT2D eigenvalue weighted by atomic mass is 79.9. The van der Waals surface area contributed by atoms with E-state index < -0.39 is 5.91 Å². The van der Waals surface area contributed by atoms with Crippen LogP contribution in [0.5, 0.6) is 5.75 Å². The number of hydrogen-bond acceptors (Lipinski definition) is 3. The number of anilines is 1. The standard InChI is InChI=1S/C19H15Br3N2O2/c1-3-26-17-5-4-14(20)9-12(17)8-13(10-23)19(25)24-18-15(21)6-11(2)7-16(18)22/h4-9H,3H2,1-2H3,(H,24,25)/b13-8+. The Morgan fingerprint density at radius 3 is 2.46 bits per heavy atom. The fraction of sp³-hybridized carbons (Fsp3) is 0.158. The molecule has 4 nitrogen and oxygen atoms in total. The van der Waals surface area contributed by atoms with Gasteiger partial charge in [-0.3, -0.25) is 4.79 Å². The van der Waals surface area contributed by atoms with Gasteiger partial charge in [-0.05, 0) is 87.7 Å². The molecule has 2 aromatic rings. The Morgan fingerprint density at radius 1 is 1.23 bits per heavy atom. The van der Waals surface area contributed by atoms with E-state index in [0.717, 1.165) is 19.0 Å². The number of carbonyl (C=O) groups is 1. The number of rotatable bonds is 5. The summed E-state index contributed by atoms with van der Waals surface area (Å²) in [6.07, 6.45) is 1.51. The number of nitrogens with zero attached hydrogens (tertiary/aromatic N) is 1. The smallest absolute Gasteiger partial charge is 0.266 e. The Balaban J connectivity index is 2.37. The number of carbonyl (C=O) groups excluding carboxylic acids is 1. The molecular weight excluding hydrogens is 528 g/mol. The third-order valence-corrected chi connectivity index (χ3v) is 5.11. The molecular formula is C19H15Br3N2O2. The van der Waals surface area contributed by atoms with Crippen LogP contribution in [0.4, 0.5) is 5.69 Å². The van der Waals surface area contributed by atoms with E-state index in [4.69, 9.17) is 4.74 Å². The average molecular weight is 543 g/mol. The van der Waals surface area contributed by atoms with Gasteiger partial charge in [0.15, 0.2) is 0 Å². The van der Waals surface area contributed by atoms with Gasteiger partial charge in [-0.25, -0.2) is 0 Å². The molecule has 0 fully saturated rings. The predicted octanol–water partition coefficient (Wildman–Crippen LogP) is 6.23. The largest absolute Gasteiger partial charge is 0.493 e. The van der Waals surface area contributed by atoms with E-state index in [0.29, 0.717) is 23.6 Å². The molecule has 0 unspecified atom stereocenters. The second kappa shape index (κ2) is 9.36. The van der Waals surface area contributed by atoms with Crippen LogP contribution in [0.3, 0.4) is 0 Å². The zero-order chi connectivity index (χ0) is 19.3. The molecule has 0 aromatic heterocycles. The molecule has 7 heteroatoms. The maximum Gasteiger partial charge on any atom is 0.266 e. The SMILES string of the molecule is CCOc1ccc(Br)cc1/C=C(\C#N)C(=O)Nc1c(Br)cc(C)cc1Br. The Hall–Kier alpha value is -1.62. The molecule has 0 aliphatic heterocycles. The van der Waals surface area contributed by atoms with Crippen molar-refractivity contribution >= 4 is 65.5 Å². The molecule has 134 valence electrons. The maximum absolute atomic E-state index is 12.6. The second-order valence-electron chi connectivity index (χ2n) is 5.34. The normalized spacial score (nSPS) is 11.0.